The van der Waals surface area contributed by atoms with Crippen molar-refractivity contribution < 1.29 is 8.42 Å². The smallest absolute Gasteiger partial charge is 0.200 e. The highest BCUT2D eigenvalue weighted by Gasteiger charge is 2.11. The summed E-state index contributed by atoms with van der Waals surface area (Å²) >= 11 is 0. The molecule has 0 saturated heterocycles. The van der Waals surface area contributed by atoms with Crippen LogP contribution in [0.2, 0.25) is 0 Å². The zero-order chi connectivity index (χ0) is 11.4. The van der Waals surface area contributed by atoms with Gasteiger partial charge in [-0.25, -0.2) is 8.42 Å². The van der Waals surface area contributed by atoms with Gasteiger partial charge in [0.15, 0.2) is 9.84 Å². The van der Waals surface area contributed by atoms with Crippen LogP contribution in [-0.4, -0.2) is 8.42 Å². The average Bonchev–Trinajstić information content (AvgIpc) is 2.31. The Bertz CT molecular complexity index is 549. The third-order valence-electron chi connectivity index (χ3n) is 2.29. The molecular weight excluding hydrogens is 220 g/mol. The Morgan fingerprint density at radius 3 is 2.44 bits per heavy atom. The van der Waals surface area contributed by atoms with Crippen LogP contribution < -0.4 is 0 Å². The second kappa shape index (κ2) is 4.49. The maximum Gasteiger partial charge on any atom is 0.200 e. The van der Waals surface area contributed by atoms with E-state index in [-0.39, 0.29) is 0 Å². The molecule has 3 heteroatoms. The van der Waals surface area contributed by atoms with Crippen molar-refractivity contribution in [3.05, 3.63) is 65.6 Å². The maximum atomic E-state index is 12.0. The number of hydrogen-bond acceptors (Lipinski definition) is 2. The average molecular weight is 232 g/mol. The maximum absolute atomic E-state index is 12.0. The number of benzene rings is 1. The molecule has 0 unspecified atom stereocenters. The lowest BCUT2D eigenvalue weighted by atomic mass is 10.1. The zero-order valence-corrected chi connectivity index (χ0v) is 9.52. The minimum absolute atomic E-state index is 0.338. The summed E-state index contributed by atoms with van der Waals surface area (Å²) in [4.78, 5) is 0.338. The Labute approximate surface area is 95.5 Å². The molecule has 0 aromatic heterocycles. The van der Waals surface area contributed by atoms with Crippen molar-refractivity contribution >= 4 is 9.84 Å². The van der Waals surface area contributed by atoms with Crippen LogP contribution in [0.25, 0.3) is 0 Å². The molecule has 16 heavy (non-hydrogen) atoms. The zero-order valence-electron chi connectivity index (χ0n) is 8.71. The predicted octanol–water partition coefficient (Wildman–Crippen LogP) is 2.86. The van der Waals surface area contributed by atoms with Crippen LogP contribution in [0.15, 0.2) is 70.5 Å². The van der Waals surface area contributed by atoms with Crippen LogP contribution in [0.5, 0.6) is 0 Å². The number of rotatable bonds is 2. The lowest BCUT2D eigenvalue weighted by Crippen LogP contribution is -1.97. The summed E-state index contributed by atoms with van der Waals surface area (Å²) in [6, 6.07) is 8.46. The monoisotopic (exact) mass is 232 g/mol. The van der Waals surface area contributed by atoms with Gasteiger partial charge in [0.2, 0.25) is 0 Å². The summed E-state index contributed by atoms with van der Waals surface area (Å²) in [7, 11) is -3.31. The van der Waals surface area contributed by atoms with Gasteiger partial charge in [-0.15, -0.1) is 0 Å². The van der Waals surface area contributed by atoms with Gasteiger partial charge in [0.25, 0.3) is 0 Å². The Kier molecular flexibility index (Phi) is 3.06. The van der Waals surface area contributed by atoms with Gasteiger partial charge < -0.3 is 0 Å². The van der Waals surface area contributed by atoms with Crippen LogP contribution in [0.4, 0.5) is 0 Å². The van der Waals surface area contributed by atoms with Gasteiger partial charge in [-0.1, -0.05) is 42.5 Å². The summed E-state index contributed by atoms with van der Waals surface area (Å²) in [6.45, 7) is 0. The molecule has 2 rings (SSSR count). The third kappa shape index (κ3) is 2.49. The Morgan fingerprint density at radius 2 is 1.81 bits per heavy atom. The van der Waals surface area contributed by atoms with E-state index in [2.05, 4.69) is 0 Å². The minimum Gasteiger partial charge on any atom is -0.219 e. The molecule has 0 N–H and O–H groups in total. The largest absolute Gasteiger partial charge is 0.219 e. The van der Waals surface area contributed by atoms with Gasteiger partial charge in [0.05, 0.1) is 4.90 Å². The third-order valence-corrected chi connectivity index (χ3v) is 3.83. The van der Waals surface area contributed by atoms with Gasteiger partial charge in [0.1, 0.15) is 0 Å². The Hall–Kier alpha value is -1.61. The highest BCUT2D eigenvalue weighted by atomic mass is 32.2. The standard InChI is InChI=1S/C13H12O2S/c14-16(15,13-9-5-2-6-10-13)11-12-7-3-1-4-8-12/h1-7,9-11H,8H2/b12-11-. The second-order valence-electron chi connectivity index (χ2n) is 3.54. The van der Waals surface area contributed by atoms with Gasteiger partial charge in [-0.3, -0.25) is 0 Å². The van der Waals surface area contributed by atoms with Crippen molar-refractivity contribution in [1.29, 1.82) is 0 Å². The fraction of sp³-hybridized carbons (Fsp3) is 0.0769. The van der Waals surface area contributed by atoms with Crippen molar-refractivity contribution in [3.63, 3.8) is 0 Å². The lowest BCUT2D eigenvalue weighted by Gasteiger charge is -2.03. The first-order chi connectivity index (χ1) is 7.68. The fourth-order valence-corrected chi connectivity index (χ4v) is 2.74. The molecule has 2 nitrogen and oxygen atoms in total. The Morgan fingerprint density at radius 1 is 1.06 bits per heavy atom. The molecule has 1 aromatic carbocycles. The molecule has 0 radical (unpaired) electrons. The quantitative estimate of drug-likeness (QED) is 0.785. The van der Waals surface area contributed by atoms with Crippen molar-refractivity contribution in [1.82, 2.24) is 0 Å². The highest BCUT2D eigenvalue weighted by Crippen LogP contribution is 2.17. The summed E-state index contributed by atoms with van der Waals surface area (Å²) in [5.74, 6) is 0. The molecule has 0 heterocycles. The van der Waals surface area contributed by atoms with Crippen molar-refractivity contribution in [2.24, 2.45) is 0 Å². The van der Waals surface area contributed by atoms with E-state index >= 15 is 0 Å². The van der Waals surface area contributed by atoms with Gasteiger partial charge in [0, 0.05) is 5.41 Å². The van der Waals surface area contributed by atoms with Crippen molar-refractivity contribution in [3.8, 4) is 0 Å². The molecule has 1 aliphatic carbocycles. The minimum atomic E-state index is -3.31. The SMILES string of the molecule is O=S(=O)(/C=C1/C=CC=CC1)c1ccccc1. The topological polar surface area (TPSA) is 34.1 Å². The van der Waals surface area contributed by atoms with E-state index in [4.69, 9.17) is 0 Å². The van der Waals surface area contributed by atoms with E-state index in [0.717, 1.165) is 5.57 Å². The van der Waals surface area contributed by atoms with Crippen LogP contribution >= 0.6 is 0 Å². The summed E-state index contributed by atoms with van der Waals surface area (Å²) in [5.41, 5.74) is 0.811. The second-order valence-corrected chi connectivity index (χ2v) is 5.34. The van der Waals surface area contributed by atoms with Gasteiger partial charge in [-0.05, 0) is 24.1 Å². The van der Waals surface area contributed by atoms with Crippen LogP contribution in [-0.2, 0) is 9.84 Å². The molecule has 0 atom stereocenters. The van der Waals surface area contributed by atoms with Crippen LogP contribution in [0, 0.1) is 0 Å². The molecule has 0 saturated carbocycles. The van der Waals surface area contributed by atoms with E-state index in [0.29, 0.717) is 11.3 Å². The lowest BCUT2D eigenvalue weighted by molar-refractivity contribution is 0.604. The van der Waals surface area contributed by atoms with Crippen molar-refractivity contribution in [2.45, 2.75) is 11.3 Å². The summed E-state index contributed by atoms with van der Waals surface area (Å²) < 4.78 is 23.9. The summed E-state index contributed by atoms with van der Waals surface area (Å²) in [5, 5.41) is 1.34. The first kappa shape index (κ1) is 10.9. The van der Waals surface area contributed by atoms with Gasteiger partial charge >= 0.3 is 0 Å². The predicted molar refractivity (Wildman–Crippen MR) is 64.6 cm³/mol. The summed E-state index contributed by atoms with van der Waals surface area (Å²) in [6.07, 6.45) is 8.18. The Balaban J connectivity index is 2.35. The van der Waals surface area contributed by atoms with Crippen LogP contribution in [0.1, 0.15) is 6.42 Å². The van der Waals surface area contributed by atoms with E-state index in [1.165, 1.54) is 5.41 Å². The van der Waals surface area contributed by atoms with E-state index < -0.39 is 9.84 Å². The fourth-order valence-electron chi connectivity index (χ4n) is 1.49. The number of allylic oxidation sites excluding steroid dienone is 5. The highest BCUT2D eigenvalue weighted by molar-refractivity contribution is 7.94. The van der Waals surface area contributed by atoms with Gasteiger partial charge in [-0.2, -0.15) is 0 Å². The first-order valence-corrected chi connectivity index (χ1v) is 6.57. The number of hydrogen-bond donors (Lipinski definition) is 0. The molecule has 0 bridgehead atoms. The van der Waals surface area contributed by atoms with Crippen molar-refractivity contribution in [2.75, 3.05) is 0 Å². The van der Waals surface area contributed by atoms with E-state index in [1.54, 1.807) is 30.3 Å². The molecule has 0 aliphatic heterocycles. The molecule has 0 spiro atoms. The van der Waals surface area contributed by atoms with Crippen LogP contribution in [0.3, 0.4) is 0 Å². The van der Waals surface area contributed by atoms with E-state index in [1.807, 2.05) is 24.3 Å². The molecule has 0 amide bonds. The molecule has 0 fully saturated rings. The normalized spacial score (nSPS) is 17.9. The molecule has 82 valence electrons. The molecule has 1 aromatic rings. The molecular formula is C13H12O2S. The molecule has 1 aliphatic rings. The first-order valence-electron chi connectivity index (χ1n) is 5.02. The number of sulfone groups is 1. The van der Waals surface area contributed by atoms with E-state index in [9.17, 15) is 8.42 Å².